The summed E-state index contributed by atoms with van der Waals surface area (Å²) in [6.45, 7) is 5.23. The van der Waals surface area contributed by atoms with Crippen LogP contribution < -0.4 is 5.73 Å². The van der Waals surface area contributed by atoms with E-state index >= 15 is 0 Å². The molecule has 0 amide bonds. The van der Waals surface area contributed by atoms with E-state index in [0.717, 1.165) is 31.6 Å². The molecule has 3 N–H and O–H groups in total. The molecule has 0 bridgehead atoms. The van der Waals surface area contributed by atoms with Crippen molar-refractivity contribution in [2.75, 3.05) is 6.54 Å². The van der Waals surface area contributed by atoms with Gasteiger partial charge in [0.2, 0.25) is 0 Å². The van der Waals surface area contributed by atoms with Crippen LogP contribution in [-0.4, -0.2) is 17.3 Å². The van der Waals surface area contributed by atoms with E-state index in [4.69, 9.17) is 5.73 Å². The van der Waals surface area contributed by atoms with E-state index in [0.29, 0.717) is 12.5 Å². The number of aliphatic hydroxyl groups is 1. The van der Waals surface area contributed by atoms with Gasteiger partial charge in [-0.1, -0.05) is 13.8 Å². The summed E-state index contributed by atoms with van der Waals surface area (Å²) in [6.07, 6.45) is 5.38. The summed E-state index contributed by atoms with van der Waals surface area (Å²) in [5.74, 6) is 1.42. The third kappa shape index (κ3) is 1.40. The van der Waals surface area contributed by atoms with Crippen molar-refractivity contribution in [2.45, 2.75) is 51.6 Å². The Morgan fingerprint density at radius 3 is 2.29 bits per heavy atom. The van der Waals surface area contributed by atoms with Crippen molar-refractivity contribution in [1.82, 2.24) is 0 Å². The molecule has 0 saturated heterocycles. The lowest BCUT2D eigenvalue weighted by atomic mass is 9.66. The predicted molar refractivity (Wildman–Crippen MR) is 57.9 cm³/mol. The van der Waals surface area contributed by atoms with Crippen LogP contribution in [0.3, 0.4) is 0 Å². The predicted octanol–water partition coefficient (Wildman–Crippen LogP) is 1.91. The highest BCUT2D eigenvalue weighted by Gasteiger charge is 2.58. The van der Waals surface area contributed by atoms with Gasteiger partial charge in [-0.3, -0.25) is 0 Å². The Bertz CT molecular complexity index is 224. The fourth-order valence-electron chi connectivity index (χ4n) is 3.08. The fraction of sp³-hybridized carbons (Fsp3) is 1.00. The Hall–Kier alpha value is -0.0800. The van der Waals surface area contributed by atoms with E-state index in [1.807, 2.05) is 0 Å². The van der Waals surface area contributed by atoms with E-state index in [9.17, 15) is 5.11 Å². The normalized spacial score (nSPS) is 46.3. The molecule has 2 nitrogen and oxygen atoms in total. The van der Waals surface area contributed by atoms with Crippen LogP contribution in [-0.2, 0) is 0 Å². The maximum Gasteiger partial charge on any atom is 0.0718 e. The first kappa shape index (κ1) is 10.4. The first-order chi connectivity index (χ1) is 6.53. The molecule has 0 spiro atoms. The largest absolute Gasteiger partial charge is 0.389 e. The second-order valence-corrected chi connectivity index (χ2v) is 5.71. The van der Waals surface area contributed by atoms with E-state index in [1.165, 1.54) is 6.42 Å². The van der Waals surface area contributed by atoms with Crippen molar-refractivity contribution >= 4 is 0 Å². The smallest absolute Gasteiger partial charge is 0.0718 e. The fourth-order valence-corrected chi connectivity index (χ4v) is 3.08. The molecule has 2 heteroatoms. The minimum absolute atomic E-state index is 0.0986. The van der Waals surface area contributed by atoms with E-state index in [1.54, 1.807) is 0 Å². The standard InChI is InChI=1S/C12H23NO/c1-9-3-4-12(14,7-10(9)2)11(8-13)5-6-11/h9-10,14H,3-8,13H2,1-2H3. The molecule has 3 atom stereocenters. The summed E-state index contributed by atoms with van der Waals surface area (Å²) >= 11 is 0. The summed E-state index contributed by atoms with van der Waals surface area (Å²) in [5, 5.41) is 10.7. The van der Waals surface area contributed by atoms with Gasteiger partial charge in [-0.05, 0) is 43.9 Å². The van der Waals surface area contributed by atoms with Gasteiger partial charge in [0.25, 0.3) is 0 Å². The molecular weight excluding hydrogens is 174 g/mol. The molecule has 0 aromatic heterocycles. The van der Waals surface area contributed by atoms with Gasteiger partial charge in [-0.2, -0.15) is 0 Å². The molecule has 0 aliphatic heterocycles. The number of hydrogen-bond acceptors (Lipinski definition) is 2. The van der Waals surface area contributed by atoms with Crippen molar-refractivity contribution in [2.24, 2.45) is 23.0 Å². The highest BCUT2D eigenvalue weighted by atomic mass is 16.3. The van der Waals surface area contributed by atoms with Crippen LogP contribution in [0.15, 0.2) is 0 Å². The van der Waals surface area contributed by atoms with Gasteiger partial charge in [0, 0.05) is 12.0 Å². The van der Waals surface area contributed by atoms with Crippen molar-refractivity contribution in [1.29, 1.82) is 0 Å². The van der Waals surface area contributed by atoms with Gasteiger partial charge in [0.15, 0.2) is 0 Å². The first-order valence-electron chi connectivity index (χ1n) is 5.95. The Labute approximate surface area is 86.9 Å². The Morgan fingerprint density at radius 2 is 1.86 bits per heavy atom. The summed E-state index contributed by atoms with van der Waals surface area (Å²) in [5.41, 5.74) is 5.47. The monoisotopic (exact) mass is 197 g/mol. The zero-order valence-electron chi connectivity index (χ0n) is 9.42. The van der Waals surface area contributed by atoms with E-state index < -0.39 is 5.60 Å². The van der Waals surface area contributed by atoms with Crippen LogP contribution in [0.5, 0.6) is 0 Å². The zero-order valence-corrected chi connectivity index (χ0v) is 9.42. The average Bonchev–Trinajstić information content (AvgIpc) is 2.93. The molecule has 0 heterocycles. The van der Waals surface area contributed by atoms with Crippen molar-refractivity contribution < 1.29 is 5.11 Å². The summed E-state index contributed by atoms with van der Waals surface area (Å²) in [6, 6.07) is 0. The van der Waals surface area contributed by atoms with Crippen molar-refractivity contribution in [3.63, 3.8) is 0 Å². The van der Waals surface area contributed by atoms with Crippen molar-refractivity contribution in [3.8, 4) is 0 Å². The van der Waals surface area contributed by atoms with Crippen LogP contribution >= 0.6 is 0 Å². The van der Waals surface area contributed by atoms with E-state index in [2.05, 4.69) is 13.8 Å². The minimum atomic E-state index is -0.437. The van der Waals surface area contributed by atoms with Crippen LogP contribution in [0.4, 0.5) is 0 Å². The van der Waals surface area contributed by atoms with Gasteiger partial charge in [0.05, 0.1) is 5.60 Å². The average molecular weight is 197 g/mol. The van der Waals surface area contributed by atoms with Crippen LogP contribution in [0.2, 0.25) is 0 Å². The lowest BCUT2D eigenvalue weighted by molar-refractivity contribution is -0.0837. The first-order valence-corrected chi connectivity index (χ1v) is 5.95. The van der Waals surface area contributed by atoms with Crippen LogP contribution in [0, 0.1) is 17.3 Å². The van der Waals surface area contributed by atoms with E-state index in [-0.39, 0.29) is 5.41 Å². The third-order valence-corrected chi connectivity index (χ3v) is 4.88. The molecule has 14 heavy (non-hydrogen) atoms. The Balaban J connectivity index is 2.10. The summed E-state index contributed by atoms with van der Waals surface area (Å²) in [4.78, 5) is 0. The molecule has 0 aromatic carbocycles. The minimum Gasteiger partial charge on any atom is -0.389 e. The van der Waals surface area contributed by atoms with Crippen LogP contribution in [0.1, 0.15) is 46.0 Å². The second kappa shape index (κ2) is 3.21. The quantitative estimate of drug-likeness (QED) is 0.710. The maximum absolute atomic E-state index is 10.7. The molecule has 2 saturated carbocycles. The zero-order chi connectivity index (χ0) is 10.4. The maximum atomic E-state index is 10.7. The molecule has 2 rings (SSSR count). The highest BCUT2D eigenvalue weighted by Crippen LogP contribution is 2.59. The van der Waals surface area contributed by atoms with Crippen molar-refractivity contribution in [3.05, 3.63) is 0 Å². The van der Waals surface area contributed by atoms with Gasteiger partial charge in [-0.25, -0.2) is 0 Å². The topological polar surface area (TPSA) is 46.2 Å². The third-order valence-electron chi connectivity index (χ3n) is 4.88. The van der Waals surface area contributed by atoms with Crippen LogP contribution in [0.25, 0.3) is 0 Å². The number of rotatable bonds is 2. The molecule has 82 valence electrons. The lowest BCUT2D eigenvalue weighted by Gasteiger charge is -2.44. The Morgan fingerprint density at radius 1 is 1.21 bits per heavy atom. The van der Waals surface area contributed by atoms with Gasteiger partial charge >= 0.3 is 0 Å². The number of nitrogens with two attached hydrogens (primary N) is 1. The molecule has 2 aliphatic carbocycles. The molecule has 2 fully saturated rings. The van der Waals surface area contributed by atoms with Gasteiger partial charge in [-0.15, -0.1) is 0 Å². The molecule has 2 aliphatic rings. The molecule has 0 radical (unpaired) electrons. The molecule has 3 unspecified atom stereocenters. The molecular formula is C12H23NO. The molecule has 0 aromatic rings. The second-order valence-electron chi connectivity index (χ2n) is 5.71. The summed E-state index contributed by atoms with van der Waals surface area (Å²) < 4.78 is 0. The summed E-state index contributed by atoms with van der Waals surface area (Å²) in [7, 11) is 0. The number of hydrogen-bond donors (Lipinski definition) is 2. The Kier molecular flexibility index (Phi) is 2.39. The highest BCUT2D eigenvalue weighted by molar-refractivity contribution is 5.10. The SMILES string of the molecule is CC1CCC(O)(C2(CN)CC2)CC1C. The lowest BCUT2D eigenvalue weighted by Crippen LogP contribution is -2.48. The van der Waals surface area contributed by atoms with Gasteiger partial charge < -0.3 is 10.8 Å². The van der Waals surface area contributed by atoms with Gasteiger partial charge in [0.1, 0.15) is 0 Å².